The van der Waals surface area contributed by atoms with Crippen LogP contribution in [0.3, 0.4) is 0 Å². The van der Waals surface area contributed by atoms with Gasteiger partial charge in [0, 0.05) is 24.5 Å². The number of thiazole rings is 1. The van der Waals surface area contributed by atoms with Crippen LogP contribution in [0, 0.1) is 5.92 Å². The molecule has 0 saturated carbocycles. The minimum absolute atomic E-state index is 0.702. The van der Waals surface area contributed by atoms with Crippen LogP contribution < -0.4 is 5.32 Å². The lowest BCUT2D eigenvalue weighted by Gasteiger charge is -2.32. The molecule has 0 amide bonds. The predicted molar refractivity (Wildman–Crippen MR) is 82.4 cm³/mol. The van der Waals surface area contributed by atoms with Crippen LogP contribution in [0.25, 0.3) is 0 Å². The summed E-state index contributed by atoms with van der Waals surface area (Å²) >= 11 is 1.79. The van der Waals surface area contributed by atoms with Crippen LogP contribution in [0.1, 0.15) is 50.7 Å². The Kier molecular flexibility index (Phi) is 5.79. The summed E-state index contributed by atoms with van der Waals surface area (Å²) in [5.74, 6) is 0.702. The third-order valence-corrected chi connectivity index (χ3v) is 4.63. The number of rotatable bonds is 6. The van der Waals surface area contributed by atoms with Crippen LogP contribution in [0.5, 0.6) is 0 Å². The maximum atomic E-state index is 4.75. The largest absolute Gasteiger partial charge is 0.310 e. The molecule has 1 unspecified atom stereocenters. The van der Waals surface area contributed by atoms with Crippen LogP contribution in [-0.4, -0.2) is 29.0 Å². The topological polar surface area (TPSA) is 28.2 Å². The lowest BCUT2D eigenvalue weighted by atomic mass is 10.0. The van der Waals surface area contributed by atoms with E-state index < -0.39 is 0 Å². The van der Waals surface area contributed by atoms with E-state index in [1.165, 1.54) is 36.5 Å². The minimum Gasteiger partial charge on any atom is -0.310 e. The Labute approximate surface area is 121 Å². The summed E-state index contributed by atoms with van der Waals surface area (Å²) in [4.78, 5) is 7.32. The van der Waals surface area contributed by atoms with Crippen LogP contribution in [0.4, 0.5) is 0 Å². The van der Waals surface area contributed by atoms with Crippen molar-refractivity contribution >= 4 is 11.3 Å². The Morgan fingerprint density at radius 3 is 3.05 bits per heavy atom. The van der Waals surface area contributed by atoms with E-state index in [1.54, 1.807) is 11.3 Å². The molecule has 1 aromatic rings. The van der Waals surface area contributed by atoms with Gasteiger partial charge in [0.15, 0.2) is 0 Å². The second-order valence-corrected chi connectivity index (χ2v) is 7.02. The van der Waals surface area contributed by atoms with E-state index >= 15 is 0 Å². The number of hydrogen-bond donors (Lipinski definition) is 1. The fraction of sp³-hybridized carbons (Fsp3) is 0.800. The standard InChI is InChI=1S/C15H27N3S/c1-12(2)8-16-9-15-17-14(11-19-15)10-18-7-5-4-6-13(18)3/h11-13,16H,4-10H2,1-3H3. The summed E-state index contributed by atoms with van der Waals surface area (Å²) in [5.41, 5.74) is 1.25. The molecule has 1 aromatic heterocycles. The molecule has 0 spiro atoms. The number of nitrogens with one attached hydrogen (secondary N) is 1. The lowest BCUT2D eigenvalue weighted by Crippen LogP contribution is -2.36. The molecule has 1 saturated heterocycles. The predicted octanol–water partition coefficient (Wildman–Crippen LogP) is 3.26. The van der Waals surface area contributed by atoms with Gasteiger partial charge in [-0.2, -0.15) is 0 Å². The zero-order chi connectivity index (χ0) is 13.7. The van der Waals surface area contributed by atoms with Gasteiger partial charge in [-0.15, -0.1) is 11.3 Å². The third-order valence-electron chi connectivity index (χ3n) is 3.73. The number of piperidine rings is 1. The first kappa shape index (κ1) is 14.9. The minimum atomic E-state index is 0.702. The SMILES string of the molecule is CC(C)CNCc1nc(CN2CCCCC2C)cs1. The maximum Gasteiger partial charge on any atom is 0.107 e. The van der Waals surface area contributed by atoms with Crippen molar-refractivity contribution < 1.29 is 0 Å². The fourth-order valence-electron chi connectivity index (χ4n) is 2.57. The van der Waals surface area contributed by atoms with E-state index in [0.717, 1.165) is 25.7 Å². The Morgan fingerprint density at radius 2 is 2.32 bits per heavy atom. The van der Waals surface area contributed by atoms with Crippen molar-refractivity contribution in [3.8, 4) is 0 Å². The average Bonchev–Trinajstić information content (AvgIpc) is 2.79. The highest BCUT2D eigenvalue weighted by Crippen LogP contribution is 2.20. The number of likely N-dealkylation sites (tertiary alicyclic amines) is 1. The van der Waals surface area contributed by atoms with Gasteiger partial charge >= 0.3 is 0 Å². The van der Waals surface area contributed by atoms with Gasteiger partial charge in [-0.3, -0.25) is 4.90 Å². The second kappa shape index (κ2) is 7.36. The molecule has 4 heteroatoms. The molecule has 1 aliphatic rings. The van der Waals surface area contributed by atoms with E-state index in [9.17, 15) is 0 Å². The molecule has 3 nitrogen and oxygen atoms in total. The smallest absolute Gasteiger partial charge is 0.107 e. The van der Waals surface area contributed by atoms with Gasteiger partial charge < -0.3 is 5.32 Å². The molecular formula is C15H27N3S. The van der Waals surface area contributed by atoms with Crippen molar-refractivity contribution in [2.24, 2.45) is 5.92 Å². The Morgan fingerprint density at radius 1 is 1.47 bits per heavy atom. The van der Waals surface area contributed by atoms with Crippen molar-refractivity contribution in [3.63, 3.8) is 0 Å². The summed E-state index contributed by atoms with van der Waals surface area (Å²) in [7, 11) is 0. The molecule has 2 rings (SSSR count). The Balaban J connectivity index is 1.79. The first-order valence-electron chi connectivity index (χ1n) is 7.53. The van der Waals surface area contributed by atoms with Crippen molar-refractivity contribution in [2.75, 3.05) is 13.1 Å². The molecule has 0 aliphatic carbocycles. The molecule has 0 bridgehead atoms. The first-order chi connectivity index (χ1) is 9.15. The van der Waals surface area contributed by atoms with Gasteiger partial charge in [0.2, 0.25) is 0 Å². The van der Waals surface area contributed by atoms with Crippen LogP contribution in [-0.2, 0) is 13.1 Å². The second-order valence-electron chi connectivity index (χ2n) is 6.07. The molecular weight excluding hydrogens is 254 g/mol. The van der Waals surface area contributed by atoms with E-state index in [2.05, 4.69) is 36.4 Å². The number of nitrogens with zero attached hydrogens (tertiary/aromatic N) is 2. The van der Waals surface area contributed by atoms with Gasteiger partial charge in [0.05, 0.1) is 5.69 Å². The van der Waals surface area contributed by atoms with E-state index in [-0.39, 0.29) is 0 Å². The van der Waals surface area contributed by atoms with Crippen molar-refractivity contribution in [1.82, 2.24) is 15.2 Å². The zero-order valence-electron chi connectivity index (χ0n) is 12.5. The quantitative estimate of drug-likeness (QED) is 0.867. The molecule has 1 atom stereocenters. The van der Waals surface area contributed by atoms with Crippen molar-refractivity contribution in [2.45, 2.75) is 59.2 Å². The molecule has 2 heterocycles. The van der Waals surface area contributed by atoms with E-state index in [1.807, 2.05) is 0 Å². The molecule has 108 valence electrons. The van der Waals surface area contributed by atoms with Gasteiger partial charge in [-0.1, -0.05) is 20.3 Å². The zero-order valence-corrected chi connectivity index (χ0v) is 13.3. The third kappa shape index (κ3) is 4.86. The van der Waals surface area contributed by atoms with Crippen molar-refractivity contribution in [1.29, 1.82) is 0 Å². The summed E-state index contributed by atoms with van der Waals surface area (Å²) in [6.07, 6.45) is 4.07. The monoisotopic (exact) mass is 281 g/mol. The van der Waals surface area contributed by atoms with Crippen molar-refractivity contribution in [3.05, 3.63) is 16.1 Å². The molecule has 19 heavy (non-hydrogen) atoms. The summed E-state index contributed by atoms with van der Waals surface area (Å²) in [6.45, 7) is 11.1. The summed E-state index contributed by atoms with van der Waals surface area (Å²) in [5, 5.41) is 6.91. The Bertz CT molecular complexity index is 375. The maximum absolute atomic E-state index is 4.75. The fourth-order valence-corrected chi connectivity index (χ4v) is 3.33. The van der Waals surface area contributed by atoms with Crippen LogP contribution in [0.2, 0.25) is 0 Å². The normalized spacial score (nSPS) is 21.2. The Hall–Kier alpha value is -0.450. The average molecular weight is 281 g/mol. The van der Waals surface area contributed by atoms with Crippen LogP contribution in [0.15, 0.2) is 5.38 Å². The highest BCUT2D eigenvalue weighted by atomic mass is 32.1. The molecule has 0 radical (unpaired) electrons. The highest BCUT2D eigenvalue weighted by Gasteiger charge is 2.19. The van der Waals surface area contributed by atoms with Gasteiger partial charge in [-0.05, 0) is 38.8 Å². The summed E-state index contributed by atoms with van der Waals surface area (Å²) < 4.78 is 0. The van der Waals surface area contributed by atoms with Gasteiger partial charge in [0.25, 0.3) is 0 Å². The number of aromatic nitrogens is 1. The van der Waals surface area contributed by atoms with Gasteiger partial charge in [0.1, 0.15) is 5.01 Å². The first-order valence-corrected chi connectivity index (χ1v) is 8.41. The molecule has 0 aromatic carbocycles. The summed E-state index contributed by atoms with van der Waals surface area (Å²) in [6, 6.07) is 0.720. The van der Waals surface area contributed by atoms with E-state index in [4.69, 9.17) is 4.98 Å². The highest BCUT2D eigenvalue weighted by molar-refractivity contribution is 7.09. The molecule has 1 aliphatic heterocycles. The van der Waals surface area contributed by atoms with Gasteiger partial charge in [-0.25, -0.2) is 4.98 Å². The van der Waals surface area contributed by atoms with Crippen LogP contribution >= 0.6 is 11.3 Å². The number of hydrogen-bond acceptors (Lipinski definition) is 4. The lowest BCUT2D eigenvalue weighted by molar-refractivity contribution is 0.151. The molecule has 1 fully saturated rings. The molecule has 1 N–H and O–H groups in total. The van der Waals surface area contributed by atoms with E-state index in [0.29, 0.717) is 5.92 Å².